The molecule has 0 unspecified atom stereocenters. The standard InChI is InChI=1S/C25H14ClF5N4O/c1-35-12-21(25(29,30)31)32-23(35)14-4-2-13(3-5-14)22-33-24(36-34-22)17-8-7-16(27)11-18(17)19-10-15(26)6-9-20(19)28/h2-12H,1H3. The zero-order valence-electron chi connectivity index (χ0n) is 18.3. The third kappa shape index (κ3) is 4.47. The highest BCUT2D eigenvalue weighted by Crippen LogP contribution is 2.36. The van der Waals surface area contributed by atoms with Crippen LogP contribution in [0.4, 0.5) is 22.0 Å². The maximum atomic E-state index is 14.5. The van der Waals surface area contributed by atoms with Crippen LogP contribution in [0, 0.1) is 11.6 Å². The summed E-state index contributed by atoms with van der Waals surface area (Å²) in [5, 5.41) is 4.21. The molecule has 0 aliphatic heterocycles. The molecule has 0 bridgehead atoms. The Morgan fingerprint density at radius 1 is 0.833 bits per heavy atom. The number of benzene rings is 3. The maximum absolute atomic E-state index is 14.5. The van der Waals surface area contributed by atoms with Gasteiger partial charge in [0, 0.05) is 46.1 Å². The number of alkyl halides is 3. The molecule has 0 spiro atoms. The minimum absolute atomic E-state index is 0.0161. The van der Waals surface area contributed by atoms with Crippen molar-refractivity contribution in [2.24, 2.45) is 7.05 Å². The summed E-state index contributed by atoms with van der Waals surface area (Å²) in [6.45, 7) is 0. The third-order valence-corrected chi connectivity index (χ3v) is 5.66. The Kier molecular flexibility index (Phi) is 5.83. The fourth-order valence-corrected chi connectivity index (χ4v) is 3.89. The van der Waals surface area contributed by atoms with Gasteiger partial charge in [-0.1, -0.05) is 41.0 Å². The summed E-state index contributed by atoms with van der Waals surface area (Å²) in [4.78, 5) is 8.02. The highest BCUT2D eigenvalue weighted by molar-refractivity contribution is 6.30. The van der Waals surface area contributed by atoms with Gasteiger partial charge in [-0.3, -0.25) is 0 Å². The molecule has 0 aliphatic rings. The molecule has 36 heavy (non-hydrogen) atoms. The molecule has 0 N–H and O–H groups in total. The SMILES string of the molecule is Cn1cc(C(F)(F)F)nc1-c1ccc(-c2noc(-c3ccc(F)cc3-c3cc(Cl)ccc3F)n2)cc1. The largest absolute Gasteiger partial charge is 0.434 e. The van der Waals surface area contributed by atoms with Gasteiger partial charge in [-0.05, 0) is 36.4 Å². The van der Waals surface area contributed by atoms with Crippen molar-refractivity contribution in [3.63, 3.8) is 0 Å². The molecular formula is C25H14ClF5N4O. The first-order valence-electron chi connectivity index (χ1n) is 10.4. The quantitative estimate of drug-likeness (QED) is 0.233. The van der Waals surface area contributed by atoms with Crippen LogP contribution in [0.5, 0.6) is 0 Å². The van der Waals surface area contributed by atoms with Crippen LogP contribution in [0.25, 0.3) is 45.4 Å². The molecule has 5 rings (SSSR count). The topological polar surface area (TPSA) is 56.7 Å². The van der Waals surface area contributed by atoms with E-state index >= 15 is 0 Å². The lowest BCUT2D eigenvalue weighted by atomic mass is 9.99. The fraction of sp³-hybridized carbons (Fsp3) is 0.0800. The van der Waals surface area contributed by atoms with E-state index in [1.165, 1.54) is 41.9 Å². The fourth-order valence-electron chi connectivity index (χ4n) is 3.72. The van der Waals surface area contributed by atoms with Crippen molar-refractivity contribution in [1.29, 1.82) is 0 Å². The van der Waals surface area contributed by atoms with Crippen LogP contribution < -0.4 is 0 Å². The lowest BCUT2D eigenvalue weighted by Crippen LogP contribution is -2.04. The third-order valence-electron chi connectivity index (χ3n) is 5.42. The van der Waals surface area contributed by atoms with Crippen molar-refractivity contribution >= 4 is 11.6 Å². The number of halogens is 6. The number of rotatable bonds is 4. The average molecular weight is 517 g/mol. The number of aryl methyl sites for hydroxylation is 1. The summed E-state index contributed by atoms with van der Waals surface area (Å²) in [5.74, 6) is -0.866. The zero-order chi connectivity index (χ0) is 25.6. The molecular weight excluding hydrogens is 503 g/mol. The Hall–Kier alpha value is -4.05. The maximum Gasteiger partial charge on any atom is 0.434 e. The second-order valence-electron chi connectivity index (χ2n) is 7.87. The van der Waals surface area contributed by atoms with Crippen LogP contribution in [0.2, 0.25) is 5.02 Å². The van der Waals surface area contributed by atoms with Gasteiger partial charge < -0.3 is 9.09 Å². The van der Waals surface area contributed by atoms with Crippen LogP contribution in [0.3, 0.4) is 0 Å². The van der Waals surface area contributed by atoms with Crippen molar-refractivity contribution in [3.8, 4) is 45.4 Å². The van der Waals surface area contributed by atoms with Gasteiger partial charge in [0.05, 0.1) is 0 Å². The van der Waals surface area contributed by atoms with Gasteiger partial charge in [0.2, 0.25) is 5.82 Å². The van der Waals surface area contributed by atoms with Crippen LogP contribution in [0.15, 0.2) is 71.4 Å². The van der Waals surface area contributed by atoms with Crippen molar-refractivity contribution in [3.05, 3.63) is 89.2 Å². The number of hydrogen-bond donors (Lipinski definition) is 0. The van der Waals surface area contributed by atoms with Crippen molar-refractivity contribution in [2.75, 3.05) is 0 Å². The minimum Gasteiger partial charge on any atom is -0.334 e. The van der Waals surface area contributed by atoms with E-state index in [1.807, 2.05) is 0 Å². The lowest BCUT2D eigenvalue weighted by Gasteiger charge is -2.08. The van der Waals surface area contributed by atoms with Gasteiger partial charge in [0.15, 0.2) is 5.69 Å². The summed E-state index contributed by atoms with van der Waals surface area (Å²) in [5.41, 5.74) is 0.512. The summed E-state index contributed by atoms with van der Waals surface area (Å²) in [6, 6.07) is 14.0. The van der Waals surface area contributed by atoms with Gasteiger partial charge in [-0.15, -0.1) is 0 Å². The molecule has 5 nitrogen and oxygen atoms in total. The van der Waals surface area contributed by atoms with E-state index in [2.05, 4.69) is 15.1 Å². The lowest BCUT2D eigenvalue weighted by molar-refractivity contribution is -0.140. The normalized spacial score (nSPS) is 11.8. The van der Waals surface area contributed by atoms with Crippen molar-refractivity contribution in [2.45, 2.75) is 6.18 Å². The highest BCUT2D eigenvalue weighted by atomic mass is 35.5. The average Bonchev–Trinajstić information content (AvgIpc) is 3.48. The number of hydrogen-bond acceptors (Lipinski definition) is 4. The van der Waals surface area contributed by atoms with Gasteiger partial charge in [0.25, 0.3) is 5.89 Å². The van der Waals surface area contributed by atoms with Crippen LogP contribution in [0.1, 0.15) is 5.69 Å². The van der Waals surface area contributed by atoms with Crippen LogP contribution in [-0.2, 0) is 13.2 Å². The summed E-state index contributed by atoms with van der Waals surface area (Å²) < 4.78 is 74.1. The first-order chi connectivity index (χ1) is 17.1. The molecule has 0 aliphatic carbocycles. The second kappa shape index (κ2) is 8.87. The zero-order valence-corrected chi connectivity index (χ0v) is 19.1. The molecule has 5 aromatic rings. The van der Waals surface area contributed by atoms with Crippen molar-refractivity contribution in [1.82, 2.24) is 19.7 Å². The minimum atomic E-state index is -4.55. The van der Waals surface area contributed by atoms with E-state index in [-0.39, 0.29) is 33.7 Å². The summed E-state index contributed by atoms with van der Waals surface area (Å²) >= 11 is 6.01. The summed E-state index contributed by atoms with van der Waals surface area (Å²) in [7, 11) is 1.47. The van der Waals surface area contributed by atoms with Crippen molar-refractivity contribution < 1.29 is 26.5 Å². The molecule has 0 amide bonds. The molecule has 0 radical (unpaired) electrons. The van der Waals surface area contributed by atoms with E-state index in [9.17, 15) is 22.0 Å². The molecule has 0 fully saturated rings. The molecule has 0 saturated heterocycles. The van der Waals surface area contributed by atoms with Gasteiger partial charge >= 0.3 is 6.18 Å². The number of imidazole rings is 1. The van der Waals surface area contributed by atoms with E-state index in [4.69, 9.17) is 16.1 Å². The molecule has 2 aromatic heterocycles. The smallest absolute Gasteiger partial charge is 0.334 e. The predicted molar refractivity (Wildman–Crippen MR) is 123 cm³/mol. The van der Waals surface area contributed by atoms with E-state index in [1.54, 1.807) is 24.3 Å². The Bertz CT molecular complexity index is 1570. The Balaban J connectivity index is 1.49. The van der Waals surface area contributed by atoms with E-state index in [0.717, 1.165) is 12.3 Å². The second-order valence-corrected chi connectivity index (χ2v) is 8.31. The van der Waals surface area contributed by atoms with Gasteiger partial charge in [-0.2, -0.15) is 18.2 Å². The van der Waals surface area contributed by atoms with Gasteiger partial charge in [-0.25, -0.2) is 13.8 Å². The summed E-state index contributed by atoms with van der Waals surface area (Å²) in [6.07, 6.45) is -3.64. The van der Waals surface area contributed by atoms with Crippen LogP contribution >= 0.6 is 11.6 Å². The predicted octanol–water partition coefficient (Wildman–Crippen LogP) is 7.42. The monoisotopic (exact) mass is 516 g/mol. The Labute approximate surface area is 205 Å². The molecule has 182 valence electrons. The molecule has 0 saturated carbocycles. The number of nitrogens with zero attached hydrogens (tertiary/aromatic N) is 4. The number of aromatic nitrogens is 4. The molecule has 11 heteroatoms. The highest BCUT2D eigenvalue weighted by Gasteiger charge is 2.34. The van der Waals surface area contributed by atoms with E-state index < -0.39 is 23.5 Å². The molecule has 0 atom stereocenters. The molecule has 2 heterocycles. The van der Waals surface area contributed by atoms with E-state index in [0.29, 0.717) is 16.7 Å². The Morgan fingerprint density at radius 3 is 2.25 bits per heavy atom. The Morgan fingerprint density at radius 2 is 1.56 bits per heavy atom. The van der Waals surface area contributed by atoms with Gasteiger partial charge in [0.1, 0.15) is 17.5 Å². The first kappa shape index (κ1) is 23.7. The molecule has 3 aromatic carbocycles. The first-order valence-corrected chi connectivity index (χ1v) is 10.8. The van der Waals surface area contributed by atoms with Crippen LogP contribution in [-0.4, -0.2) is 19.7 Å².